The largest absolute Gasteiger partial charge is 0.467 e. The van der Waals surface area contributed by atoms with Gasteiger partial charge < -0.3 is 19.8 Å². The third kappa shape index (κ3) is 2.27. The van der Waals surface area contributed by atoms with Gasteiger partial charge in [0.25, 0.3) is 0 Å². The molecule has 0 bridgehead atoms. The molecule has 0 fully saturated rings. The van der Waals surface area contributed by atoms with Crippen LogP contribution in [0.4, 0.5) is 5.82 Å². The van der Waals surface area contributed by atoms with Gasteiger partial charge in [-0.05, 0) is 18.6 Å². The quantitative estimate of drug-likeness (QED) is 0.641. The summed E-state index contributed by atoms with van der Waals surface area (Å²) in [6.07, 6.45) is 5.14. The number of aliphatic hydroxyl groups is 1. The zero-order valence-electron chi connectivity index (χ0n) is 10.1. The van der Waals surface area contributed by atoms with Gasteiger partial charge in [-0.1, -0.05) is 0 Å². The van der Waals surface area contributed by atoms with E-state index in [0.717, 1.165) is 11.3 Å². The van der Waals surface area contributed by atoms with Gasteiger partial charge in [-0.25, -0.2) is 15.0 Å². The van der Waals surface area contributed by atoms with Crippen LogP contribution in [0.3, 0.4) is 0 Å². The van der Waals surface area contributed by atoms with Gasteiger partial charge in [-0.2, -0.15) is 0 Å². The molecular weight excluding hydrogens is 246 g/mol. The van der Waals surface area contributed by atoms with Crippen molar-refractivity contribution in [2.24, 2.45) is 0 Å². The number of nitrogens with zero attached hydrogens (tertiary/aromatic N) is 3. The van der Waals surface area contributed by atoms with Gasteiger partial charge in [-0.15, -0.1) is 0 Å². The predicted octanol–water partition coefficient (Wildman–Crippen LogP) is 1.48. The Labute approximate surface area is 108 Å². The van der Waals surface area contributed by atoms with Crippen LogP contribution in [0.2, 0.25) is 0 Å². The Kier molecular flexibility index (Phi) is 3.11. The van der Waals surface area contributed by atoms with Crippen LogP contribution in [-0.4, -0.2) is 31.6 Å². The first kappa shape index (κ1) is 11.7. The molecule has 98 valence electrons. The minimum absolute atomic E-state index is 0.0512. The standard InChI is InChI=1S/C12H13N5O2/c18-4-3-8(9-2-1-5-19-9)17-12-10-11(14-6-13-10)15-7-16-12/h1-2,5-8,18H,3-4H2,(H2,13,14,15,16,17). The Balaban J connectivity index is 1.91. The summed E-state index contributed by atoms with van der Waals surface area (Å²) in [4.78, 5) is 15.3. The minimum Gasteiger partial charge on any atom is -0.467 e. The molecule has 7 heteroatoms. The van der Waals surface area contributed by atoms with Crippen LogP contribution >= 0.6 is 0 Å². The molecule has 19 heavy (non-hydrogen) atoms. The molecule has 3 aromatic heterocycles. The van der Waals surface area contributed by atoms with Crippen LogP contribution in [-0.2, 0) is 0 Å². The summed E-state index contributed by atoms with van der Waals surface area (Å²) in [5, 5.41) is 12.4. The average molecular weight is 259 g/mol. The number of nitrogens with one attached hydrogen (secondary N) is 2. The van der Waals surface area contributed by atoms with Gasteiger partial charge >= 0.3 is 0 Å². The van der Waals surface area contributed by atoms with Crippen molar-refractivity contribution < 1.29 is 9.52 Å². The monoisotopic (exact) mass is 259 g/mol. The molecule has 0 radical (unpaired) electrons. The molecule has 3 heterocycles. The first-order valence-corrected chi connectivity index (χ1v) is 5.93. The van der Waals surface area contributed by atoms with Gasteiger partial charge in [0.05, 0.1) is 18.6 Å². The zero-order chi connectivity index (χ0) is 13.1. The van der Waals surface area contributed by atoms with E-state index in [1.54, 1.807) is 12.6 Å². The van der Waals surface area contributed by atoms with Crippen molar-refractivity contribution in [2.75, 3.05) is 11.9 Å². The van der Waals surface area contributed by atoms with Crippen molar-refractivity contribution in [1.29, 1.82) is 0 Å². The molecule has 3 rings (SSSR count). The Morgan fingerprint density at radius 2 is 2.32 bits per heavy atom. The second kappa shape index (κ2) is 5.07. The number of imidazole rings is 1. The molecule has 3 aromatic rings. The molecule has 3 N–H and O–H groups in total. The first-order chi connectivity index (χ1) is 9.38. The summed E-state index contributed by atoms with van der Waals surface area (Å²) in [6, 6.07) is 3.52. The molecule has 0 spiro atoms. The Hall–Kier alpha value is -2.41. The fourth-order valence-corrected chi connectivity index (χ4v) is 1.94. The lowest BCUT2D eigenvalue weighted by Crippen LogP contribution is -2.13. The number of aliphatic hydroxyl groups excluding tert-OH is 1. The number of aromatic nitrogens is 4. The highest BCUT2D eigenvalue weighted by atomic mass is 16.3. The molecule has 0 aliphatic carbocycles. The number of fused-ring (bicyclic) bond motifs is 1. The number of furan rings is 1. The second-order valence-electron chi connectivity index (χ2n) is 4.05. The molecule has 0 aromatic carbocycles. The summed E-state index contributed by atoms with van der Waals surface area (Å²) in [5.41, 5.74) is 1.33. The highest BCUT2D eigenvalue weighted by Crippen LogP contribution is 2.24. The van der Waals surface area contributed by atoms with E-state index in [-0.39, 0.29) is 12.6 Å². The Bertz CT molecular complexity index is 649. The van der Waals surface area contributed by atoms with Crippen LogP contribution in [0.25, 0.3) is 11.2 Å². The molecule has 0 aliphatic heterocycles. The van der Waals surface area contributed by atoms with Crippen LogP contribution in [0, 0.1) is 0 Å². The van der Waals surface area contributed by atoms with E-state index in [2.05, 4.69) is 25.3 Å². The Morgan fingerprint density at radius 3 is 3.11 bits per heavy atom. The van der Waals surface area contributed by atoms with Crippen LogP contribution in [0.1, 0.15) is 18.2 Å². The minimum atomic E-state index is -0.151. The molecule has 1 unspecified atom stereocenters. The number of hydrogen-bond donors (Lipinski definition) is 3. The molecule has 0 aliphatic rings. The summed E-state index contributed by atoms with van der Waals surface area (Å²) in [7, 11) is 0. The maximum atomic E-state index is 9.15. The van der Waals surface area contributed by atoms with Crippen molar-refractivity contribution in [3.8, 4) is 0 Å². The number of H-pyrrole nitrogens is 1. The maximum absolute atomic E-state index is 9.15. The van der Waals surface area contributed by atoms with Gasteiger partial charge in [0.2, 0.25) is 0 Å². The lowest BCUT2D eigenvalue weighted by atomic mass is 10.1. The van der Waals surface area contributed by atoms with E-state index in [0.29, 0.717) is 17.9 Å². The van der Waals surface area contributed by atoms with Crippen LogP contribution in [0.5, 0.6) is 0 Å². The molecule has 7 nitrogen and oxygen atoms in total. The Morgan fingerprint density at radius 1 is 1.37 bits per heavy atom. The van der Waals surface area contributed by atoms with Crippen LogP contribution < -0.4 is 5.32 Å². The molecule has 1 atom stereocenters. The highest BCUT2D eigenvalue weighted by molar-refractivity contribution is 5.82. The van der Waals surface area contributed by atoms with Crippen molar-refractivity contribution in [3.63, 3.8) is 0 Å². The van der Waals surface area contributed by atoms with Crippen molar-refractivity contribution in [2.45, 2.75) is 12.5 Å². The van der Waals surface area contributed by atoms with E-state index in [1.807, 2.05) is 12.1 Å². The highest BCUT2D eigenvalue weighted by Gasteiger charge is 2.16. The van der Waals surface area contributed by atoms with Crippen molar-refractivity contribution in [3.05, 3.63) is 36.8 Å². The van der Waals surface area contributed by atoms with E-state index in [4.69, 9.17) is 9.52 Å². The average Bonchev–Trinajstić information content (AvgIpc) is 3.10. The topological polar surface area (TPSA) is 99.9 Å². The number of anilines is 1. The first-order valence-electron chi connectivity index (χ1n) is 5.93. The van der Waals surface area contributed by atoms with Crippen molar-refractivity contribution in [1.82, 2.24) is 19.9 Å². The lowest BCUT2D eigenvalue weighted by Gasteiger charge is -2.16. The third-order valence-corrected chi connectivity index (χ3v) is 2.84. The van der Waals surface area contributed by atoms with E-state index in [9.17, 15) is 0 Å². The SMILES string of the molecule is OCCC(Nc1ncnc2nc[nH]c12)c1ccco1. The van der Waals surface area contributed by atoms with E-state index in [1.165, 1.54) is 6.33 Å². The summed E-state index contributed by atoms with van der Waals surface area (Å²) in [6.45, 7) is 0.0512. The molecule has 0 saturated heterocycles. The summed E-state index contributed by atoms with van der Waals surface area (Å²) >= 11 is 0. The number of hydrogen-bond acceptors (Lipinski definition) is 6. The van der Waals surface area contributed by atoms with E-state index >= 15 is 0 Å². The van der Waals surface area contributed by atoms with Gasteiger partial charge in [0.15, 0.2) is 11.5 Å². The normalized spacial score (nSPS) is 12.7. The number of aromatic amines is 1. The smallest absolute Gasteiger partial charge is 0.182 e. The molecule has 0 saturated carbocycles. The van der Waals surface area contributed by atoms with Gasteiger partial charge in [-0.3, -0.25) is 0 Å². The maximum Gasteiger partial charge on any atom is 0.182 e. The summed E-state index contributed by atoms with van der Waals surface area (Å²) in [5.74, 6) is 1.39. The number of rotatable bonds is 5. The fraction of sp³-hybridized carbons (Fsp3) is 0.250. The van der Waals surface area contributed by atoms with Crippen LogP contribution in [0.15, 0.2) is 35.5 Å². The zero-order valence-corrected chi connectivity index (χ0v) is 10.1. The third-order valence-electron chi connectivity index (χ3n) is 2.84. The van der Waals surface area contributed by atoms with Gasteiger partial charge in [0, 0.05) is 6.61 Å². The molecule has 0 amide bonds. The fourth-order valence-electron chi connectivity index (χ4n) is 1.94. The summed E-state index contributed by atoms with van der Waals surface area (Å²) < 4.78 is 5.37. The predicted molar refractivity (Wildman–Crippen MR) is 68.5 cm³/mol. The van der Waals surface area contributed by atoms with Crippen molar-refractivity contribution >= 4 is 17.0 Å². The van der Waals surface area contributed by atoms with E-state index < -0.39 is 0 Å². The lowest BCUT2D eigenvalue weighted by molar-refractivity contribution is 0.273. The van der Waals surface area contributed by atoms with Gasteiger partial charge in [0.1, 0.15) is 17.6 Å². The molecular formula is C12H13N5O2. The second-order valence-corrected chi connectivity index (χ2v) is 4.05.